The second-order valence-corrected chi connectivity index (χ2v) is 3.81. The van der Waals surface area contributed by atoms with E-state index in [2.05, 4.69) is 0 Å². The van der Waals surface area contributed by atoms with Crippen molar-refractivity contribution in [2.75, 3.05) is 6.61 Å². The van der Waals surface area contributed by atoms with Crippen molar-refractivity contribution in [3.05, 3.63) is 45.5 Å². The smallest absolute Gasteiger partial charge is 0.339 e. The summed E-state index contributed by atoms with van der Waals surface area (Å²) in [5.74, 6) is -1.47. The highest BCUT2D eigenvalue weighted by molar-refractivity contribution is 5.92. The molecule has 0 aliphatic heterocycles. The van der Waals surface area contributed by atoms with Crippen molar-refractivity contribution in [2.45, 2.75) is 13.8 Å². The number of carbonyl (C=O) groups is 1. The number of nitro benzene ring substituents is 1. The van der Waals surface area contributed by atoms with Crippen molar-refractivity contribution < 1.29 is 19.6 Å². The van der Waals surface area contributed by atoms with Gasteiger partial charge in [-0.05, 0) is 26.0 Å². The molecule has 0 aliphatic rings. The number of rotatable bonds is 5. The number of benzene rings is 1. The number of hydrogen-bond acceptors (Lipinski definition) is 4. The minimum atomic E-state index is -1.26. The molecule has 18 heavy (non-hydrogen) atoms. The van der Waals surface area contributed by atoms with Crippen LogP contribution < -0.4 is 4.74 Å². The first kappa shape index (κ1) is 13.7. The predicted octanol–water partition coefficient (Wildman–Crippen LogP) is 2.64. The fourth-order valence-electron chi connectivity index (χ4n) is 1.28. The van der Waals surface area contributed by atoms with E-state index in [1.807, 2.05) is 13.8 Å². The number of ether oxygens (including phenoxy) is 1. The Balaban J connectivity index is 3.15. The molecule has 0 unspecified atom stereocenters. The van der Waals surface area contributed by atoms with Crippen LogP contribution in [0.25, 0.3) is 0 Å². The van der Waals surface area contributed by atoms with Gasteiger partial charge in [-0.1, -0.05) is 11.6 Å². The van der Waals surface area contributed by atoms with Gasteiger partial charge < -0.3 is 9.84 Å². The van der Waals surface area contributed by atoms with Crippen LogP contribution in [0.15, 0.2) is 29.8 Å². The lowest BCUT2D eigenvalue weighted by Crippen LogP contribution is -2.06. The SMILES string of the molecule is CC(C)=CCOc1c(C(=O)O)cccc1[N+](=O)[O-]. The first-order valence-corrected chi connectivity index (χ1v) is 5.20. The first-order valence-electron chi connectivity index (χ1n) is 5.20. The number of allylic oxidation sites excluding steroid dienone is 1. The molecule has 96 valence electrons. The Morgan fingerprint density at radius 1 is 1.50 bits per heavy atom. The molecule has 0 atom stereocenters. The third-order valence-corrected chi connectivity index (χ3v) is 2.14. The van der Waals surface area contributed by atoms with E-state index < -0.39 is 10.9 Å². The summed E-state index contributed by atoms with van der Waals surface area (Å²) in [7, 11) is 0. The molecule has 0 aromatic heterocycles. The standard InChI is InChI=1S/C12H13NO5/c1-8(2)6-7-18-11-9(12(14)15)4-3-5-10(11)13(16)17/h3-6H,7H2,1-2H3,(H,14,15). The molecule has 0 saturated carbocycles. The van der Waals surface area contributed by atoms with Gasteiger partial charge in [-0.25, -0.2) is 4.79 Å². The van der Waals surface area contributed by atoms with Crippen LogP contribution in [0.5, 0.6) is 5.75 Å². The van der Waals surface area contributed by atoms with Crippen LogP contribution >= 0.6 is 0 Å². The molecule has 6 nitrogen and oxygen atoms in total. The van der Waals surface area contributed by atoms with Gasteiger partial charge in [-0.2, -0.15) is 0 Å². The van der Waals surface area contributed by atoms with Crippen LogP contribution in [0.3, 0.4) is 0 Å². The van der Waals surface area contributed by atoms with Crippen LogP contribution in [0.2, 0.25) is 0 Å². The Kier molecular flexibility index (Phi) is 4.42. The molecule has 0 amide bonds. The Morgan fingerprint density at radius 2 is 2.17 bits per heavy atom. The average Bonchev–Trinajstić information content (AvgIpc) is 2.28. The Hall–Kier alpha value is -2.37. The molecule has 0 bridgehead atoms. The largest absolute Gasteiger partial charge is 0.482 e. The summed E-state index contributed by atoms with van der Waals surface area (Å²) in [6.45, 7) is 3.79. The second-order valence-electron chi connectivity index (χ2n) is 3.81. The zero-order chi connectivity index (χ0) is 13.7. The first-order chi connectivity index (χ1) is 8.43. The summed E-state index contributed by atoms with van der Waals surface area (Å²) in [6.07, 6.45) is 1.71. The molecule has 1 aromatic carbocycles. The van der Waals surface area contributed by atoms with Gasteiger partial charge in [0.2, 0.25) is 5.75 Å². The van der Waals surface area contributed by atoms with E-state index in [4.69, 9.17) is 9.84 Å². The number of nitro groups is 1. The van der Waals surface area contributed by atoms with Crippen LogP contribution in [0.4, 0.5) is 5.69 Å². The number of nitrogens with zero attached hydrogens (tertiary/aromatic N) is 1. The van der Waals surface area contributed by atoms with Gasteiger partial charge in [0.1, 0.15) is 12.2 Å². The summed E-state index contributed by atoms with van der Waals surface area (Å²) in [4.78, 5) is 21.1. The Bertz CT molecular complexity index is 471. The fraction of sp³-hybridized carbons (Fsp3) is 0.250. The van der Waals surface area contributed by atoms with Crippen LogP contribution in [-0.4, -0.2) is 22.6 Å². The number of para-hydroxylation sites is 1. The van der Waals surface area contributed by atoms with Gasteiger partial charge in [0, 0.05) is 6.07 Å². The quantitative estimate of drug-likeness (QED) is 0.493. The van der Waals surface area contributed by atoms with E-state index in [0.29, 0.717) is 0 Å². The summed E-state index contributed by atoms with van der Waals surface area (Å²) < 4.78 is 5.20. The highest BCUT2D eigenvalue weighted by atomic mass is 16.6. The summed E-state index contributed by atoms with van der Waals surface area (Å²) in [6, 6.07) is 3.80. The molecule has 1 N–H and O–H groups in total. The second kappa shape index (κ2) is 5.81. The topological polar surface area (TPSA) is 89.7 Å². The fourth-order valence-corrected chi connectivity index (χ4v) is 1.28. The third-order valence-electron chi connectivity index (χ3n) is 2.14. The molecule has 0 saturated heterocycles. The number of carboxylic acid groups (broad SMARTS) is 1. The van der Waals surface area contributed by atoms with Gasteiger partial charge in [0.25, 0.3) is 0 Å². The van der Waals surface area contributed by atoms with E-state index in [9.17, 15) is 14.9 Å². The molecule has 1 rings (SSSR count). The maximum absolute atomic E-state index is 11.0. The maximum atomic E-state index is 11.0. The van der Waals surface area contributed by atoms with Gasteiger partial charge in [-0.3, -0.25) is 10.1 Å². The highest BCUT2D eigenvalue weighted by Gasteiger charge is 2.22. The molecule has 0 spiro atoms. The van der Waals surface area contributed by atoms with E-state index in [-0.39, 0.29) is 23.6 Å². The third kappa shape index (κ3) is 3.31. The predicted molar refractivity (Wildman–Crippen MR) is 65.0 cm³/mol. The lowest BCUT2D eigenvalue weighted by molar-refractivity contribution is -0.385. The van der Waals surface area contributed by atoms with Crippen molar-refractivity contribution in [1.29, 1.82) is 0 Å². The molecular weight excluding hydrogens is 238 g/mol. The molecule has 0 fully saturated rings. The van der Waals surface area contributed by atoms with Crippen molar-refractivity contribution in [2.24, 2.45) is 0 Å². The minimum Gasteiger partial charge on any atom is -0.482 e. The maximum Gasteiger partial charge on any atom is 0.339 e. The van der Waals surface area contributed by atoms with E-state index >= 15 is 0 Å². The zero-order valence-electron chi connectivity index (χ0n) is 10.0. The molecular formula is C12H13NO5. The zero-order valence-corrected chi connectivity index (χ0v) is 10.0. The van der Waals surface area contributed by atoms with Gasteiger partial charge >= 0.3 is 11.7 Å². The van der Waals surface area contributed by atoms with Crippen molar-refractivity contribution in [3.63, 3.8) is 0 Å². The highest BCUT2D eigenvalue weighted by Crippen LogP contribution is 2.30. The molecule has 1 aromatic rings. The lowest BCUT2D eigenvalue weighted by atomic mass is 10.1. The van der Waals surface area contributed by atoms with E-state index in [1.165, 1.54) is 18.2 Å². The lowest BCUT2D eigenvalue weighted by Gasteiger charge is -2.07. The Labute approximate surface area is 104 Å². The normalized spacial score (nSPS) is 9.67. The monoisotopic (exact) mass is 251 g/mol. The molecule has 0 radical (unpaired) electrons. The van der Waals surface area contributed by atoms with Crippen LogP contribution in [0.1, 0.15) is 24.2 Å². The molecule has 0 aliphatic carbocycles. The summed E-state index contributed by atoms with van der Waals surface area (Å²) in [5.41, 5.74) is 0.411. The Morgan fingerprint density at radius 3 is 2.67 bits per heavy atom. The number of carboxylic acids is 1. The van der Waals surface area contributed by atoms with E-state index in [0.717, 1.165) is 5.57 Å². The number of hydrogen-bond donors (Lipinski definition) is 1. The van der Waals surface area contributed by atoms with Crippen molar-refractivity contribution >= 4 is 11.7 Å². The summed E-state index contributed by atoms with van der Waals surface area (Å²) in [5, 5.41) is 19.8. The van der Waals surface area contributed by atoms with Gasteiger partial charge in [0.05, 0.1) is 4.92 Å². The van der Waals surface area contributed by atoms with Gasteiger partial charge in [-0.15, -0.1) is 0 Å². The summed E-state index contributed by atoms with van der Waals surface area (Å²) >= 11 is 0. The van der Waals surface area contributed by atoms with Crippen LogP contribution in [-0.2, 0) is 0 Å². The van der Waals surface area contributed by atoms with E-state index in [1.54, 1.807) is 6.08 Å². The van der Waals surface area contributed by atoms with Crippen LogP contribution in [0, 0.1) is 10.1 Å². The molecule has 6 heteroatoms. The van der Waals surface area contributed by atoms with Gasteiger partial charge in [0.15, 0.2) is 0 Å². The number of aromatic carboxylic acids is 1. The van der Waals surface area contributed by atoms with Crippen molar-refractivity contribution in [3.8, 4) is 5.75 Å². The molecule has 0 heterocycles. The minimum absolute atomic E-state index is 0.0907. The van der Waals surface area contributed by atoms with Crippen molar-refractivity contribution in [1.82, 2.24) is 0 Å². The average molecular weight is 251 g/mol.